The van der Waals surface area contributed by atoms with Gasteiger partial charge in [0.25, 0.3) is 6.43 Å². The average molecular weight is 257 g/mol. The standard InChI is InChI=1S/C7H7ClF2N2O2S/c1-3-2-12-5(7(9)10)6(4(3)8)15(11,13)14/h2,7H,1H3,(H2,11,13,14). The summed E-state index contributed by atoms with van der Waals surface area (Å²) in [5.74, 6) is 0. The van der Waals surface area contributed by atoms with Crippen LogP contribution in [0.1, 0.15) is 17.7 Å². The summed E-state index contributed by atoms with van der Waals surface area (Å²) in [5.41, 5.74) is -0.654. The summed E-state index contributed by atoms with van der Waals surface area (Å²) >= 11 is 5.59. The van der Waals surface area contributed by atoms with E-state index >= 15 is 0 Å². The van der Waals surface area contributed by atoms with Gasteiger partial charge in [-0.2, -0.15) is 0 Å². The van der Waals surface area contributed by atoms with Gasteiger partial charge in [0, 0.05) is 6.20 Å². The second-order valence-electron chi connectivity index (χ2n) is 2.82. The van der Waals surface area contributed by atoms with Crippen LogP contribution in [0.2, 0.25) is 5.02 Å². The maximum absolute atomic E-state index is 12.4. The van der Waals surface area contributed by atoms with E-state index in [-0.39, 0.29) is 10.6 Å². The summed E-state index contributed by atoms with van der Waals surface area (Å²) < 4.78 is 47.0. The van der Waals surface area contributed by atoms with Crippen molar-refractivity contribution in [1.82, 2.24) is 4.98 Å². The van der Waals surface area contributed by atoms with Gasteiger partial charge in [0.1, 0.15) is 10.6 Å². The van der Waals surface area contributed by atoms with Gasteiger partial charge in [-0.05, 0) is 12.5 Å². The molecule has 0 spiro atoms. The van der Waals surface area contributed by atoms with E-state index in [9.17, 15) is 17.2 Å². The maximum Gasteiger partial charge on any atom is 0.281 e. The van der Waals surface area contributed by atoms with Crippen LogP contribution in [0.15, 0.2) is 11.1 Å². The van der Waals surface area contributed by atoms with Crippen LogP contribution < -0.4 is 5.14 Å². The number of aryl methyl sites for hydroxylation is 1. The van der Waals surface area contributed by atoms with E-state index in [0.717, 1.165) is 6.20 Å². The van der Waals surface area contributed by atoms with Crippen molar-refractivity contribution in [3.8, 4) is 0 Å². The first-order valence-corrected chi connectivity index (χ1v) is 5.63. The van der Waals surface area contributed by atoms with Crippen molar-refractivity contribution in [2.24, 2.45) is 5.14 Å². The number of rotatable bonds is 2. The monoisotopic (exact) mass is 256 g/mol. The summed E-state index contributed by atoms with van der Waals surface area (Å²) in [6.45, 7) is 1.44. The minimum atomic E-state index is -4.31. The normalized spacial score (nSPS) is 12.1. The number of nitrogens with two attached hydrogens (primary N) is 1. The Morgan fingerprint density at radius 2 is 2.07 bits per heavy atom. The molecule has 15 heavy (non-hydrogen) atoms. The third-order valence-corrected chi connectivity index (χ3v) is 3.25. The third kappa shape index (κ3) is 2.42. The molecule has 0 unspecified atom stereocenters. The second-order valence-corrected chi connectivity index (χ2v) is 4.69. The van der Waals surface area contributed by atoms with E-state index in [1.54, 1.807) is 0 Å². The first kappa shape index (κ1) is 12.3. The Kier molecular flexibility index (Phi) is 3.27. The summed E-state index contributed by atoms with van der Waals surface area (Å²) in [4.78, 5) is 2.51. The zero-order valence-electron chi connectivity index (χ0n) is 7.54. The molecular formula is C7H7ClF2N2O2S. The minimum absolute atomic E-state index is 0.269. The van der Waals surface area contributed by atoms with Crippen LogP contribution in [0.4, 0.5) is 8.78 Å². The van der Waals surface area contributed by atoms with Crippen molar-refractivity contribution in [3.05, 3.63) is 22.5 Å². The first-order valence-electron chi connectivity index (χ1n) is 3.71. The molecule has 0 saturated carbocycles. The van der Waals surface area contributed by atoms with Crippen LogP contribution in [0.3, 0.4) is 0 Å². The largest absolute Gasteiger partial charge is 0.281 e. The number of nitrogens with zero attached hydrogens (tertiary/aromatic N) is 1. The van der Waals surface area contributed by atoms with Gasteiger partial charge >= 0.3 is 0 Å². The van der Waals surface area contributed by atoms with Crippen molar-refractivity contribution in [2.45, 2.75) is 18.2 Å². The molecule has 0 atom stereocenters. The van der Waals surface area contributed by atoms with Crippen LogP contribution in [0, 0.1) is 6.92 Å². The van der Waals surface area contributed by atoms with Gasteiger partial charge in [0.05, 0.1) is 5.02 Å². The van der Waals surface area contributed by atoms with Crippen molar-refractivity contribution in [3.63, 3.8) is 0 Å². The van der Waals surface area contributed by atoms with Gasteiger partial charge in [0.2, 0.25) is 10.0 Å². The number of hydrogen-bond donors (Lipinski definition) is 1. The number of hydrogen-bond acceptors (Lipinski definition) is 3. The van der Waals surface area contributed by atoms with E-state index in [0.29, 0.717) is 0 Å². The molecule has 0 radical (unpaired) electrons. The minimum Gasteiger partial charge on any atom is -0.253 e. The SMILES string of the molecule is Cc1cnc(C(F)F)c(S(N)(=O)=O)c1Cl. The lowest BCUT2D eigenvalue weighted by Gasteiger charge is -2.09. The molecule has 0 aromatic carbocycles. The molecule has 0 fully saturated rings. The van der Waals surface area contributed by atoms with Gasteiger partial charge in [-0.25, -0.2) is 22.3 Å². The Labute approximate surface area is 90.1 Å². The fourth-order valence-electron chi connectivity index (χ4n) is 0.999. The van der Waals surface area contributed by atoms with Crippen molar-refractivity contribution in [2.75, 3.05) is 0 Å². The van der Waals surface area contributed by atoms with E-state index in [4.69, 9.17) is 16.7 Å². The van der Waals surface area contributed by atoms with Crippen molar-refractivity contribution >= 4 is 21.6 Å². The Bertz CT molecular complexity index is 490. The molecule has 0 aliphatic carbocycles. The van der Waals surface area contributed by atoms with Gasteiger partial charge in [-0.3, -0.25) is 4.98 Å². The third-order valence-electron chi connectivity index (χ3n) is 1.67. The Balaban J connectivity index is 3.65. The average Bonchev–Trinajstić information content (AvgIpc) is 2.06. The number of pyridine rings is 1. The van der Waals surface area contributed by atoms with E-state index in [2.05, 4.69) is 4.98 Å². The molecule has 8 heteroatoms. The van der Waals surface area contributed by atoms with Gasteiger partial charge < -0.3 is 0 Å². The van der Waals surface area contributed by atoms with Crippen LogP contribution in [0.5, 0.6) is 0 Å². The van der Waals surface area contributed by atoms with Crippen molar-refractivity contribution < 1.29 is 17.2 Å². The smallest absolute Gasteiger partial charge is 0.253 e. The van der Waals surface area contributed by atoms with Gasteiger partial charge in [0.15, 0.2) is 0 Å². The highest BCUT2D eigenvalue weighted by Crippen LogP contribution is 2.31. The Morgan fingerprint density at radius 1 is 1.53 bits per heavy atom. The van der Waals surface area contributed by atoms with Crippen LogP contribution in [0.25, 0.3) is 0 Å². The molecule has 0 amide bonds. The number of aromatic nitrogens is 1. The molecule has 0 aliphatic heterocycles. The van der Waals surface area contributed by atoms with Gasteiger partial charge in [-0.1, -0.05) is 11.6 Å². The molecule has 1 aromatic heterocycles. The van der Waals surface area contributed by atoms with Crippen molar-refractivity contribution in [1.29, 1.82) is 0 Å². The highest BCUT2D eigenvalue weighted by molar-refractivity contribution is 7.89. The van der Waals surface area contributed by atoms with Crippen LogP contribution >= 0.6 is 11.6 Å². The van der Waals surface area contributed by atoms with E-state index < -0.39 is 27.0 Å². The highest BCUT2D eigenvalue weighted by Gasteiger charge is 2.26. The molecule has 84 valence electrons. The lowest BCUT2D eigenvalue weighted by Crippen LogP contribution is -2.17. The topological polar surface area (TPSA) is 73.0 Å². The molecule has 0 bridgehead atoms. The molecule has 4 nitrogen and oxygen atoms in total. The number of alkyl halides is 2. The molecular weight excluding hydrogens is 250 g/mol. The lowest BCUT2D eigenvalue weighted by atomic mass is 10.3. The van der Waals surface area contributed by atoms with Crippen LogP contribution in [-0.2, 0) is 10.0 Å². The lowest BCUT2D eigenvalue weighted by molar-refractivity contribution is 0.142. The molecule has 1 rings (SSSR count). The first-order chi connectivity index (χ1) is 6.75. The molecule has 0 saturated heterocycles. The fourth-order valence-corrected chi connectivity index (χ4v) is 2.31. The zero-order chi connectivity index (χ0) is 11.8. The molecule has 1 aromatic rings. The Hall–Kier alpha value is -0.790. The Morgan fingerprint density at radius 3 is 2.47 bits per heavy atom. The van der Waals surface area contributed by atoms with Gasteiger partial charge in [-0.15, -0.1) is 0 Å². The van der Waals surface area contributed by atoms with E-state index in [1.165, 1.54) is 6.92 Å². The second kappa shape index (κ2) is 3.99. The predicted octanol–water partition coefficient (Wildman–Crippen LogP) is 1.63. The summed E-state index contributed by atoms with van der Waals surface area (Å²) in [5, 5.41) is 4.46. The summed E-state index contributed by atoms with van der Waals surface area (Å²) in [6, 6.07) is 0. The molecule has 2 N–H and O–H groups in total. The predicted molar refractivity (Wildman–Crippen MR) is 50.3 cm³/mol. The zero-order valence-corrected chi connectivity index (χ0v) is 9.11. The van der Waals surface area contributed by atoms with E-state index in [1.807, 2.05) is 0 Å². The number of primary sulfonamides is 1. The summed E-state index contributed by atoms with van der Waals surface area (Å²) in [7, 11) is -4.31. The number of sulfonamides is 1. The van der Waals surface area contributed by atoms with Crippen LogP contribution in [-0.4, -0.2) is 13.4 Å². The molecule has 0 aliphatic rings. The fraction of sp³-hybridized carbons (Fsp3) is 0.286. The number of halogens is 3. The molecule has 1 heterocycles. The quantitative estimate of drug-likeness (QED) is 0.874. The summed E-state index contributed by atoms with van der Waals surface area (Å²) in [6.07, 6.45) is -1.98. The highest BCUT2D eigenvalue weighted by atomic mass is 35.5. The maximum atomic E-state index is 12.4.